The quantitative estimate of drug-likeness (QED) is 0.358. The smallest absolute Gasteiger partial charge is 0.141 e. The van der Waals surface area contributed by atoms with Crippen LogP contribution in [0.15, 0.2) is 28.9 Å². The second kappa shape index (κ2) is 5.41. The number of allylic oxidation sites excluding steroid dienone is 3. The lowest BCUT2D eigenvalue weighted by molar-refractivity contribution is 1.35. The van der Waals surface area contributed by atoms with Gasteiger partial charge in [-0.3, -0.25) is 10.4 Å². The predicted octanol–water partition coefficient (Wildman–Crippen LogP) is 1.47. The van der Waals surface area contributed by atoms with Gasteiger partial charge in [-0.2, -0.15) is 0 Å². The van der Waals surface area contributed by atoms with Crippen LogP contribution in [0.3, 0.4) is 0 Å². The molecule has 0 radical (unpaired) electrons. The van der Waals surface area contributed by atoms with Crippen molar-refractivity contribution in [2.45, 2.75) is 13.8 Å². The topological polar surface area (TPSA) is 62.2 Å². The largest absolute Gasteiger partial charge is 0.382 e. The first-order valence-corrected chi connectivity index (χ1v) is 3.38. The van der Waals surface area contributed by atoms with Crippen molar-refractivity contribution in [1.29, 1.82) is 5.41 Å². The summed E-state index contributed by atoms with van der Waals surface area (Å²) in [6.07, 6.45) is 6.96. The number of amidine groups is 1. The molecule has 0 aliphatic heterocycles. The Kier molecular flexibility index (Phi) is 4.73. The first kappa shape index (κ1) is 9.62. The van der Waals surface area contributed by atoms with E-state index < -0.39 is 0 Å². The van der Waals surface area contributed by atoms with E-state index in [4.69, 9.17) is 11.1 Å². The van der Waals surface area contributed by atoms with Crippen molar-refractivity contribution in [2.75, 3.05) is 0 Å². The summed E-state index contributed by atoms with van der Waals surface area (Å²) in [5, 5.41) is 7.10. The van der Waals surface area contributed by atoms with Gasteiger partial charge in [-0.05, 0) is 19.9 Å². The molecule has 0 saturated heterocycles. The van der Waals surface area contributed by atoms with Gasteiger partial charge in [0.05, 0.1) is 0 Å². The van der Waals surface area contributed by atoms with Gasteiger partial charge in [-0.15, -0.1) is 0 Å². The zero-order valence-electron chi connectivity index (χ0n) is 6.83. The number of rotatable bonds is 3. The van der Waals surface area contributed by atoms with Crippen LogP contribution < -0.4 is 5.73 Å². The van der Waals surface area contributed by atoms with Crippen LogP contribution in [-0.4, -0.2) is 12.1 Å². The van der Waals surface area contributed by atoms with Gasteiger partial charge in [0, 0.05) is 6.21 Å². The molecule has 0 aliphatic carbocycles. The summed E-state index contributed by atoms with van der Waals surface area (Å²) >= 11 is 0. The van der Waals surface area contributed by atoms with Crippen molar-refractivity contribution in [2.24, 2.45) is 10.7 Å². The van der Waals surface area contributed by atoms with E-state index in [2.05, 4.69) is 4.99 Å². The highest BCUT2D eigenvalue weighted by molar-refractivity contribution is 5.95. The molecule has 0 heterocycles. The minimum atomic E-state index is -0.0128. The van der Waals surface area contributed by atoms with Gasteiger partial charge in [0.25, 0.3) is 0 Å². The van der Waals surface area contributed by atoms with E-state index in [0.717, 1.165) is 0 Å². The van der Waals surface area contributed by atoms with E-state index in [9.17, 15) is 0 Å². The highest BCUT2D eigenvalue weighted by atomic mass is 14.8. The zero-order valence-corrected chi connectivity index (χ0v) is 6.83. The van der Waals surface area contributed by atoms with Crippen LogP contribution in [0.4, 0.5) is 0 Å². The Hall–Kier alpha value is -1.38. The predicted molar refractivity (Wildman–Crippen MR) is 49.0 cm³/mol. The fraction of sp³-hybridized carbons (Fsp3) is 0.250. The van der Waals surface area contributed by atoms with Crippen LogP contribution in [0.5, 0.6) is 0 Å². The molecular weight excluding hydrogens is 138 g/mol. The van der Waals surface area contributed by atoms with Gasteiger partial charge >= 0.3 is 0 Å². The molecule has 0 aromatic carbocycles. The molecule has 0 fully saturated rings. The van der Waals surface area contributed by atoms with Crippen molar-refractivity contribution in [3.05, 3.63) is 23.9 Å². The van der Waals surface area contributed by atoms with Gasteiger partial charge in [0.1, 0.15) is 11.5 Å². The van der Waals surface area contributed by atoms with E-state index >= 15 is 0 Å². The number of nitrogens with one attached hydrogen (secondary N) is 1. The summed E-state index contributed by atoms with van der Waals surface area (Å²) in [5.74, 6) is -0.0128. The van der Waals surface area contributed by atoms with E-state index in [-0.39, 0.29) is 5.84 Å². The Morgan fingerprint density at radius 3 is 2.45 bits per heavy atom. The van der Waals surface area contributed by atoms with Gasteiger partial charge in [-0.1, -0.05) is 12.2 Å². The summed E-state index contributed by atoms with van der Waals surface area (Å²) in [7, 11) is 0. The van der Waals surface area contributed by atoms with Crippen LogP contribution in [0.1, 0.15) is 13.8 Å². The Labute approximate surface area is 66.8 Å². The average molecular weight is 151 g/mol. The second-order valence-electron chi connectivity index (χ2n) is 1.88. The molecule has 3 nitrogen and oxygen atoms in total. The molecule has 0 unspecified atom stereocenters. The van der Waals surface area contributed by atoms with Crippen LogP contribution in [0.2, 0.25) is 0 Å². The maximum absolute atomic E-state index is 7.10. The summed E-state index contributed by atoms with van der Waals surface area (Å²) < 4.78 is 0. The minimum absolute atomic E-state index is 0.0128. The van der Waals surface area contributed by atoms with Crippen molar-refractivity contribution in [3.8, 4) is 0 Å². The van der Waals surface area contributed by atoms with Gasteiger partial charge in [-0.25, -0.2) is 0 Å². The van der Waals surface area contributed by atoms with E-state index in [1.807, 2.05) is 13.0 Å². The Bertz CT molecular complexity index is 211. The molecule has 0 amide bonds. The molecular formula is C8H13N3. The molecule has 0 rings (SSSR count). The first-order valence-electron chi connectivity index (χ1n) is 3.38. The molecule has 0 aromatic heterocycles. The number of nitrogens with zero attached hydrogens (tertiary/aromatic N) is 1. The molecule has 0 aliphatic rings. The van der Waals surface area contributed by atoms with Gasteiger partial charge in [0.2, 0.25) is 0 Å². The first-order chi connectivity index (χ1) is 5.22. The van der Waals surface area contributed by atoms with Crippen molar-refractivity contribution < 1.29 is 0 Å². The SMILES string of the molecule is C\C=C/C=C(/N=C\C)C(=N)N. The van der Waals surface area contributed by atoms with E-state index in [1.54, 1.807) is 25.3 Å². The number of hydrogen-bond donors (Lipinski definition) is 2. The maximum atomic E-state index is 7.10. The van der Waals surface area contributed by atoms with E-state index in [0.29, 0.717) is 5.70 Å². The van der Waals surface area contributed by atoms with E-state index in [1.165, 1.54) is 0 Å². The molecule has 0 aromatic rings. The summed E-state index contributed by atoms with van der Waals surface area (Å²) in [6.45, 7) is 3.68. The fourth-order valence-electron chi connectivity index (χ4n) is 0.529. The highest BCUT2D eigenvalue weighted by Gasteiger charge is 1.92. The molecule has 0 spiro atoms. The summed E-state index contributed by atoms with van der Waals surface area (Å²) in [6, 6.07) is 0. The fourth-order valence-corrected chi connectivity index (χ4v) is 0.529. The zero-order chi connectivity index (χ0) is 8.69. The molecule has 0 bridgehead atoms. The van der Waals surface area contributed by atoms with Crippen LogP contribution >= 0.6 is 0 Å². The lowest BCUT2D eigenvalue weighted by atomic mass is 10.3. The van der Waals surface area contributed by atoms with Gasteiger partial charge in [0.15, 0.2) is 0 Å². The highest BCUT2D eigenvalue weighted by Crippen LogP contribution is 1.94. The molecule has 3 N–H and O–H groups in total. The third-order valence-electron chi connectivity index (χ3n) is 0.991. The van der Waals surface area contributed by atoms with Crippen LogP contribution in [0, 0.1) is 5.41 Å². The van der Waals surface area contributed by atoms with Crippen molar-refractivity contribution >= 4 is 12.1 Å². The van der Waals surface area contributed by atoms with Gasteiger partial charge < -0.3 is 5.73 Å². The molecule has 3 heteroatoms. The minimum Gasteiger partial charge on any atom is -0.382 e. The monoisotopic (exact) mass is 151 g/mol. The number of nitrogens with two attached hydrogens (primary N) is 1. The lowest BCUT2D eigenvalue weighted by Gasteiger charge is -1.94. The Morgan fingerprint density at radius 1 is 1.45 bits per heavy atom. The molecule has 11 heavy (non-hydrogen) atoms. The lowest BCUT2D eigenvalue weighted by Crippen LogP contribution is -2.11. The third-order valence-corrected chi connectivity index (χ3v) is 0.991. The summed E-state index contributed by atoms with van der Waals surface area (Å²) in [4.78, 5) is 3.90. The molecule has 60 valence electrons. The standard InChI is InChI=1S/C8H13N3/c1-3-5-6-7(8(9)10)11-4-2/h3-6H,1-2H3,(H3,9,10)/b5-3-,7-6+,11-4-. The maximum Gasteiger partial charge on any atom is 0.141 e. The molecule has 0 saturated carbocycles. The second-order valence-corrected chi connectivity index (χ2v) is 1.88. The summed E-state index contributed by atoms with van der Waals surface area (Å²) in [5.41, 5.74) is 5.72. The van der Waals surface area contributed by atoms with Crippen molar-refractivity contribution in [1.82, 2.24) is 0 Å². The molecule has 0 atom stereocenters. The normalized spacial score (nSPS) is 13.1. The van der Waals surface area contributed by atoms with Crippen molar-refractivity contribution in [3.63, 3.8) is 0 Å². The van der Waals surface area contributed by atoms with Crippen LogP contribution in [-0.2, 0) is 0 Å². The Morgan fingerprint density at radius 2 is 2.09 bits per heavy atom. The Balaban J connectivity index is 4.45. The van der Waals surface area contributed by atoms with Crippen LogP contribution in [0.25, 0.3) is 0 Å². The average Bonchev–Trinajstić information content (AvgIpc) is 1.97. The third kappa shape index (κ3) is 4.08. The number of hydrogen-bond acceptors (Lipinski definition) is 2. The number of aliphatic imine (C=N–C) groups is 1.